The number of rotatable bonds is 4. The summed E-state index contributed by atoms with van der Waals surface area (Å²) in [6.07, 6.45) is 5.18. The molecule has 0 heterocycles. The summed E-state index contributed by atoms with van der Waals surface area (Å²) < 4.78 is 0. The van der Waals surface area contributed by atoms with Crippen LogP contribution in [0.5, 0.6) is 0 Å². The predicted molar refractivity (Wildman–Crippen MR) is 76.7 cm³/mol. The average Bonchev–Trinajstić information content (AvgIpc) is 2.18. The zero-order valence-electron chi connectivity index (χ0n) is 10.8. The SMILES string of the molecule is CSc1cc(CC(C)(C)N)c(SC)cc1C. The van der Waals surface area contributed by atoms with Crippen LogP contribution in [0.3, 0.4) is 0 Å². The van der Waals surface area contributed by atoms with E-state index in [0.29, 0.717) is 0 Å². The number of hydrogen-bond acceptors (Lipinski definition) is 3. The van der Waals surface area contributed by atoms with Crippen LogP contribution < -0.4 is 5.73 Å². The predicted octanol–water partition coefficient (Wildman–Crippen LogP) is 3.72. The molecule has 0 atom stereocenters. The van der Waals surface area contributed by atoms with Gasteiger partial charge in [0.05, 0.1) is 0 Å². The highest BCUT2D eigenvalue weighted by molar-refractivity contribution is 7.99. The lowest BCUT2D eigenvalue weighted by atomic mass is 9.95. The molecule has 0 fully saturated rings. The summed E-state index contributed by atoms with van der Waals surface area (Å²) in [4.78, 5) is 2.71. The van der Waals surface area contributed by atoms with Crippen molar-refractivity contribution in [3.63, 3.8) is 0 Å². The van der Waals surface area contributed by atoms with Gasteiger partial charge in [0.2, 0.25) is 0 Å². The van der Waals surface area contributed by atoms with E-state index in [1.807, 2.05) is 0 Å². The lowest BCUT2D eigenvalue weighted by Gasteiger charge is -2.21. The maximum absolute atomic E-state index is 6.10. The van der Waals surface area contributed by atoms with Gasteiger partial charge in [-0.1, -0.05) is 0 Å². The Morgan fingerprint density at radius 2 is 1.69 bits per heavy atom. The van der Waals surface area contributed by atoms with E-state index in [0.717, 1.165) is 6.42 Å². The van der Waals surface area contributed by atoms with Crippen molar-refractivity contribution in [3.05, 3.63) is 23.3 Å². The van der Waals surface area contributed by atoms with Gasteiger partial charge in [0.15, 0.2) is 0 Å². The van der Waals surface area contributed by atoms with Gasteiger partial charge in [0.25, 0.3) is 0 Å². The summed E-state index contributed by atoms with van der Waals surface area (Å²) >= 11 is 3.61. The third-order valence-electron chi connectivity index (χ3n) is 2.44. The number of hydrogen-bond donors (Lipinski definition) is 1. The van der Waals surface area contributed by atoms with Gasteiger partial charge in [-0.3, -0.25) is 0 Å². The zero-order valence-corrected chi connectivity index (χ0v) is 12.4. The van der Waals surface area contributed by atoms with Crippen molar-refractivity contribution in [3.8, 4) is 0 Å². The molecule has 1 rings (SSSR count). The van der Waals surface area contributed by atoms with E-state index in [4.69, 9.17) is 5.73 Å². The van der Waals surface area contributed by atoms with Crippen LogP contribution in [-0.2, 0) is 6.42 Å². The van der Waals surface area contributed by atoms with Crippen LogP contribution in [0.1, 0.15) is 25.0 Å². The summed E-state index contributed by atoms with van der Waals surface area (Å²) in [7, 11) is 0. The minimum absolute atomic E-state index is 0.143. The molecule has 0 aromatic heterocycles. The number of aryl methyl sites for hydroxylation is 1. The topological polar surface area (TPSA) is 26.0 Å². The first-order valence-electron chi connectivity index (χ1n) is 5.38. The Kier molecular flexibility index (Phi) is 4.77. The molecular weight excluding hydrogens is 234 g/mol. The van der Waals surface area contributed by atoms with E-state index >= 15 is 0 Å². The molecule has 90 valence electrons. The Labute approximate surface area is 108 Å². The van der Waals surface area contributed by atoms with E-state index in [9.17, 15) is 0 Å². The maximum atomic E-state index is 6.10. The van der Waals surface area contributed by atoms with Crippen molar-refractivity contribution >= 4 is 23.5 Å². The van der Waals surface area contributed by atoms with Crippen molar-refractivity contribution in [2.75, 3.05) is 12.5 Å². The monoisotopic (exact) mass is 255 g/mol. The molecule has 0 aliphatic rings. The smallest absolute Gasteiger partial charge is 0.0138 e. The Morgan fingerprint density at radius 1 is 1.12 bits per heavy atom. The molecule has 16 heavy (non-hydrogen) atoms. The van der Waals surface area contributed by atoms with E-state index in [1.165, 1.54) is 20.9 Å². The Bertz CT molecular complexity index is 367. The molecule has 0 unspecified atom stereocenters. The van der Waals surface area contributed by atoms with E-state index < -0.39 is 0 Å². The van der Waals surface area contributed by atoms with Crippen molar-refractivity contribution in [2.24, 2.45) is 5.73 Å². The van der Waals surface area contributed by atoms with Crippen LogP contribution in [0.15, 0.2) is 21.9 Å². The lowest BCUT2D eigenvalue weighted by molar-refractivity contribution is 0.512. The third-order valence-corrected chi connectivity index (χ3v) is 4.14. The van der Waals surface area contributed by atoms with E-state index in [1.54, 1.807) is 23.5 Å². The molecule has 0 saturated carbocycles. The van der Waals surface area contributed by atoms with Crippen LogP contribution in [0.4, 0.5) is 0 Å². The van der Waals surface area contributed by atoms with Gasteiger partial charge >= 0.3 is 0 Å². The molecule has 2 N–H and O–H groups in total. The van der Waals surface area contributed by atoms with Crippen LogP contribution in [0.25, 0.3) is 0 Å². The Balaban J connectivity index is 3.15. The second-order valence-corrected chi connectivity index (χ2v) is 6.50. The van der Waals surface area contributed by atoms with Gasteiger partial charge in [-0.15, -0.1) is 23.5 Å². The van der Waals surface area contributed by atoms with Crippen molar-refractivity contribution in [2.45, 2.75) is 42.5 Å². The number of benzene rings is 1. The van der Waals surface area contributed by atoms with Gasteiger partial charge in [0, 0.05) is 15.3 Å². The maximum Gasteiger partial charge on any atom is 0.0138 e. The molecule has 0 amide bonds. The molecule has 0 radical (unpaired) electrons. The highest BCUT2D eigenvalue weighted by Crippen LogP contribution is 2.30. The molecular formula is C13H21NS2. The molecule has 1 nitrogen and oxygen atoms in total. The standard InChI is InChI=1S/C13H21NS2/c1-9-6-12(16-5)10(7-11(9)15-4)8-13(2,3)14/h6-7H,8,14H2,1-5H3. The second kappa shape index (κ2) is 5.48. The highest BCUT2D eigenvalue weighted by Gasteiger charge is 2.15. The molecule has 0 aliphatic carbocycles. The molecule has 0 aliphatic heterocycles. The van der Waals surface area contributed by atoms with Gasteiger partial charge in [0.1, 0.15) is 0 Å². The van der Waals surface area contributed by atoms with E-state index in [2.05, 4.69) is 45.4 Å². The normalized spacial score (nSPS) is 11.9. The first kappa shape index (κ1) is 13.9. The molecule has 0 saturated heterocycles. The summed E-state index contributed by atoms with van der Waals surface area (Å²) in [5, 5.41) is 0. The quantitative estimate of drug-likeness (QED) is 0.831. The van der Waals surface area contributed by atoms with Crippen LogP contribution in [0, 0.1) is 6.92 Å². The second-order valence-electron chi connectivity index (χ2n) is 4.80. The van der Waals surface area contributed by atoms with Crippen LogP contribution in [-0.4, -0.2) is 18.1 Å². The number of thioether (sulfide) groups is 2. The molecule has 1 aromatic carbocycles. The Hall–Kier alpha value is -0.120. The van der Waals surface area contributed by atoms with Crippen molar-refractivity contribution in [1.82, 2.24) is 0 Å². The fraction of sp³-hybridized carbons (Fsp3) is 0.538. The lowest BCUT2D eigenvalue weighted by Crippen LogP contribution is -2.34. The molecule has 1 aromatic rings. The van der Waals surface area contributed by atoms with Crippen molar-refractivity contribution in [1.29, 1.82) is 0 Å². The minimum atomic E-state index is -0.143. The van der Waals surface area contributed by atoms with Gasteiger partial charge < -0.3 is 5.73 Å². The van der Waals surface area contributed by atoms with Gasteiger partial charge in [-0.25, -0.2) is 0 Å². The third kappa shape index (κ3) is 3.72. The fourth-order valence-electron chi connectivity index (χ4n) is 1.74. The summed E-state index contributed by atoms with van der Waals surface area (Å²) in [6, 6.07) is 4.57. The molecule has 0 bridgehead atoms. The summed E-state index contributed by atoms with van der Waals surface area (Å²) in [5.74, 6) is 0. The first-order valence-corrected chi connectivity index (χ1v) is 7.82. The first-order chi connectivity index (χ1) is 7.37. The van der Waals surface area contributed by atoms with E-state index in [-0.39, 0.29) is 5.54 Å². The Morgan fingerprint density at radius 3 is 2.12 bits per heavy atom. The highest BCUT2D eigenvalue weighted by atomic mass is 32.2. The largest absolute Gasteiger partial charge is 0.325 e. The molecule has 3 heteroatoms. The van der Waals surface area contributed by atoms with Crippen LogP contribution in [0.2, 0.25) is 0 Å². The average molecular weight is 255 g/mol. The summed E-state index contributed by atoms with van der Waals surface area (Å²) in [5.41, 5.74) is 8.69. The zero-order chi connectivity index (χ0) is 12.3. The number of nitrogens with two attached hydrogens (primary N) is 1. The van der Waals surface area contributed by atoms with Gasteiger partial charge in [-0.05, 0) is 63.0 Å². The molecule has 0 spiro atoms. The van der Waals surface area contributed by atoms with Crippen LogP contribution >= 0.6 is 23.5 Å². The minimum Gasteiger partial charge on any atom is -0.325 e. The van der Waals surface area contributed by atoms with Crippen molar-refractivity contribution < 1.29 is 0 Å². The summed E-state index contributed by atoms with van der Waals surface area (Å²) in [6.45, 7) is 6.33. The fourth-order valence-corrected chi connectivity index (χ4v) is 3.07. The van der Waals surface area contributed by atoms with Gasteiger partial charge in [-0.2, -0.15) is 0 Å².